The van der Waals surface area contributed by atoms with Crippen LogP contribution in [0.5, 0.6) is 0 Å². The van der Waals surface area contributed by atoms with Gasteiger partial charge in [0.15, 0.2) is 0 Å². The summed E-state index contributed by atoms with van der Waals surface area (Å²) in [5, 5.41) is 3.09. The number of hydrogen-bond donors (Lipinski definition) is 2. The van der Waals surface area contributed by atoms with Crippen LogP contribution in [0.3, 0.4) is 0 Å². The fourth-order valence-corrected chi connectivity index (χ4v) is 3.27. The van der Waals surface area contributed by atoms with Crippen molar-refractivity contribution in [1.29, 1.82) is 0 Å². The molecule has 1 aliphatic heterocycles. The zero-order chi connectivity index (χ0) is 14.2. The van der Waals surface area contributed by atoms with Crippen LogP contribution < -0.4 is 11.1 Å². The number of amides is 1. The molecular weight excluding hydrogens is 274 g/mol. The first-order valence-electron chi connectivity index (χ1n) is 7.48. The molecule has 0 bridgehead atoms. The summed E-state index contributed by atoms with van der Waals surface area (Å²) in [5.41, 5.74) is 5.92. The highest BCUT2D eigenvalue weighted by molar-refractivity contribution is 7.80. The van der Waals surface area contributed by atoms with E-state index in [0.29, 0.717) is 24.2 Å². The number of morpholine rings is 1. The second-order valence-electron chi connectivity index (χ2n) is 6.49. The number of thiocarbonyl (C=S) groups is 1. The summed E-state index contributed by atoms with van der Waals surface area (Å²) in [4.78, 5) is 15.2. The van der Waals surface area contributed by atoms with Crippen LogP contribution in [0.1, 0.15) is 32.1 Å². The Balaban J connectivity index is 1.60. The van der Waals surface area contributed by atoms with Crippen molar-refractivity contribution in [2.45, 2.75) is 44.2 Å². The average Bonchev–Trinajstić information content (AvgIpc) is 3.28. The predicted octanol–water partition coefficient (Wildman–Crippen LogP) is 0.422. The molecule has 2 saturated carbocycles. The number of hydrogen-bond acceptors (Lipinski definition) is 4. The van der Waals surface area contributed by atoms with Crippen molar-refractivity contribution < 1.29 is 9.53 Å². The Bertz CT molecular complexity index is 407. The molecule has 3 fully saturated rings. The molecule has 1 unspecified atom stereocenters. The average molecular weight is 297 g/mol. The van der Waals surface area contributed by atoms with Crippen LogP contribution in [0.2, 0.25) is 0 Å². The molecule has 1 amide bonds. The van der Waals surface area contributed by atoms with E-state index < -0.39 is 0 Å². The van der Waals surface area contributed by atoms with E-state index in [1.807, 2.05) is 0 Å². The van der Waals surface area contributed by atoms with Crippen molar-refractivity contribution in [1.82, 2.24) is 10.2 Å². The Hall–Kier alpha value is -0.720. The van der Waals surface area contributed by atoms with Gasteiger partial charge >= 0.3 is 0 Å². The van der Waals surface area contributed by atoms with Crippen molar-refractivity contribution in [3.05, 3.63) is 0 Å². The number of nitrogens with zero attached hydrogens (tertiary/aromatic N) is 1. The fourth-order valence-electron chi connectivity index (χ4n) is 2.96. The van der Waals surface area contributed by atoms with Gasteiger partial charge in [-0.15, -0.1) is 0 Å². The number of ether oxygens (including phenoxy) is 1. The summed E-state index contributed by atoms with van der Waals surface area (Å²) < 4.78 is 5.50. The van der Waals surface area contributed by atoms with Crippen LogP contribution in [0, 0.1) is 5.41 Å². The molecule has 3 rings (SSSR count). The molecule has 3 N–H and O–H groups in total. The molecule has 1 heterocycles. The van der Waals surface area contributed by atoms with Gasteiger partial charge in [0.2, 0.25) is 5.91 Å². The topological polar surface area (TPSA) is 67.6 Å². The number of nitrogens with two attached hydrogens (primary N) is 1. The van der Waals surface area contributed by atoms with E-state index in [1.165, 1.54) is 12.8 Å². The van der Waals surface area contributed by atoms with Gasteiger partial charge in [0, 0.05) is 25.6 Å². The first kappa shape index (κ1) is 14.2. The van der Waals surface area contributed by atoms with E-state index >= 15 is 0 Å². The Morgan fingerprint density at radius 3 is 2.80 bits per heavy atom. The molecule has 20 heavy (non-hydrogen) atoms. The Kier molecular flexibility index (Phi) is 3.97. The van der Waals surface area contributed by atoms with Crippen LogP contribution >= 0.6 is 12.2 Å². The molecule has 1 atom stereocenters. The van der Waals surface area contributed by atoms with Crippen molar-refractivity contribution >= 4 is 23.1 Å². The lowest BCUT2D eigenvalue weighted by molar-refractivity contribution is -0.133. The minimum atomic E-state index is -0.145. The van der Waals surface area contributed by atoms with Gasteiger partial charge in [0.1, 0.15) is 6.04 Å². The maximum atomic E-state index is 12.3. The third kappa shape index (κ3) is 3.48. The zero-order valence-corrected chi connectivity index (χ0v) is 12.6. The molecule has 0 radical (unpaired) electrons. The van der Waals surface area contributed by atoms with E-state index in [0.717, 1.165) is 32.4 Å². The third-order valence-electron chi connectivity index (χ3n) is 4.51. The molecule has 0 aromatic rings. The van der Waals surface area contributed by atoms with E-state index in [4.69, 9.17) is 22.7 Å². The summed E-state index contributed by atoms with van der Waals surface area (Å²) in [6, 6.07) is 0.256. The van der Waals surface area contributed by atoms with Crippen molar-refractivity contribution in [3.63, 3.8) is 0 Å². The molecule has 112 valence electrons. The largest absolute Gasteiger partial charge is 0.393 e. The van der Waals surface area contributed by atoms with Crippen LogP contribution in [-0.2, 0) is 9.53 Å². The maximum Gasteiger partial charge on any atom is 0.239 e. The van der Waals surface area contributed by atoms with Gasteiger partial charge in [-0.2, -0.15) is 0 Å². The number of rotatable bonds is 6. The number of nitrogens with one attached hydrogen (secondary N) is 1. The van der Waals surface area contributed by atoms with Gasteiger partial charge in [-0.05, 0) is 31.1 Å². The molecular formula is C14H23N3O2S. The monoisotopic (exact) mass is 297 g/mol. The predicted molar refractivity (Wildman–Crippen MR) is 80.4 cm³/mol. The number of carbonyl (C=O) groups is 1. The van der Waals surface area contributed by atoms with Gasteiger partial charge < -0.3 is 15.8 Å². The van der Waals surface area contributed by atoms with Crippen LogP contribution in [0.4, 0.5) is 0 Å². The van der Waals surface area contributed by atoms with Crippen molar-refractivity contribution in [3.8, 4) is 0 Å². The molecule has 0 aromatic heterocycles. The lowest BCUT2D eigenvalue weighted by Gasteiger charge is -2.37. The normalized spacial score (nSPS) is 28.9. The molecule has 6 heteroatoms. The van der Waals surface area contributed by atoms with Crippen LogP contribution in [0.15, 0.2) is 0 Å². The Morgan fingerprint density at radius 1 is 1.45 bits per heavy atom. The summed E-state index contributed by atoms with van der Waals surface area (Å²) in [5.74, 6) is 0.123. The van der Waals surface area contributed by atoms with E-state index in [9.17, 15) is 4.79 Å². The van der Waals surface area contributed by atoms with E-state index in [-0.39, 0.29) is 17.4 Å². The highest BCUT2D eigenvalue weighted by atomic mass is 32.1. The molecule has 3 aliphatic rings. The maximum absolute atomic E-state index is 12.3. The third-order valence-corrected chi connectivity index (χ3v) is 4.65. The second-order valence-corrected chi connectivity index (χ2v) is 7.01. The summed E-state index contributed by atoms with van der Waals surface area (Å²) in [6.45, 7) is 2.94. The Morgan fingerprint density at radius 2 is 2.20 bits per heavy atom. The zero-order valence-electron chi connectivity index (χ0n) is 11.8. The van der Waals surface area contributed by atoms with Gasteiger partial charge in [-0.3, -0.25) is 9.69 Å². The summed E-state index contributed by atoms with van der Waals surface area (Å²) in [7, 11) is 0. The standard InChI is InChI=1S/C14H23N3O2S/c15-12(20)7-14(3-4-14)9-17-5-6-19-8-11(17)13(18)16-10-1-2-10/h10-11H,1-9H2,(H2,15,20)(H,16,18). The van der Waals surface area contributed by atoms with Gasteiger partial charge in [0.25, 0.3) is 0 Å². The lowest BCUT2D eigenvalue weighted by Crippen LogP contribution is -2.55. The van der Waals surface area contributed by atoms with Crippen LogP contribution in [0.25, 0.3) is 0 Å². The van der Waals surface area contributed by atoms with Crippen molar-refractivity contribution in [2.75, 3.05) is 26.3 Å². The molecule has 1 saturated heterocycles. The minimum absolute atomic E-state index is 0.123. The highest BCUT2D eigenvalue weighted by Crippen LogP contribution is 2.49. The van der Waals surface area contributed by atoms with Gasteiger partial charge in [0.05, 0.1) is 18.2 Å². The second kappa shape index (κ2) is 5.58. The number of carbonyl (C=O) groups excluding carboxylic acids is 1. The molecule has 2 aliphatic carbocycles. The quantitative estimate of drug-likeness (QED) is 0.696. The van der Waals surface area contributed by atoms with Gasteiger partial charge in [-0.1, -0.05) is 12.2 Å². The summed E-state index contributed by atoms with van der Waals surface area (Å²) in [6.07, 6.45) is 5.36. The lowest BCUT2D eigenvalue weighted by atomic mass is 10.00. The fraction of sp³-hybridized carbons (Fsp3) is 0.857. The molecule has 0 spiro atoms. The van der Waals surface area contributed by atoms with Crippen LogP contribution in [-0.4, -0.2) is 54.2 Å². The Labute approximate surface area is 125 Å². The smallest absolute Gasteiger partial charge is 0.239 e. The first-order valence-corrected chi connectivity index (χ1v) is 7.89. The van der Waals surface area contributed by atoms with Gasteiger partial charge in [-0.25, -0.2) is 0 Å². The first-order chi connectivity index (χ1) is 9.58. The molecule has 0 aromatic carbocycles. The minimum Gasteiger partial charge on any atom is -0.393 e. The summed E-state index contributed by atoms with van der Waals surface area (Å²) >= 11 is 5.05. The van der Waals surface area contributed by atoms with E-state index in [2.05, 4.69) is 10.2 Å². The highest BCUT2D eigenvalue weighted by Gasteiger charge is 2.46. The van der Waals surface area contributed by atoms with Crippen molar-refractivity contribution in [2.24, 2.45) is 11.1 Å². The molecule has 5 nitrogen and oxygen atoms in total. The van der Waals surface area contributed by atoms with E-state index in [1.54, 1.807) is 0 Å². The SMILES string of the molecule is NC(=S)CC1(CN2CCOCC2C(=O)NC2CC2)CC1.